The molecule has 152 valence electrons. The van der Waals surface area contributed by atoms with Crippen molar-refractivity contribution >= 4 is 27.5 Å². The molecular weight excluding hydrogens is 378 g/mol. The average molecular weight is 409 g/mol. The maximum Gasteiger partial charge on any atom is 0.275 e. The number of rotatable bonds is 7. The van der Waals surface area contributed by atoms with Gasteiger partial charge in [0.05, 0.1) is 28.3 Å². The van der Waals surface area contributed by atoms with Crippen LogP contribution in [0.2, 0.25) is 0 Å². The number of para-hydroxylation sites is 1. The van der Waals surface area contributed by atoms with Crippen LogP contribution >= 0.6 is 11.3 Å². The van der Waals surface area contributed by atoms with Crippen LogP contribution in [0.15, 0.2) is 54.6 Å². The fourth-order valence-corrected chi connectivity index (χ4v) is 5.30. The molecule has 0 spiro atoms. The highest BCUT2D eigenvalue weighted by atomic mass is 32.1. The smallest absolute Gasteiger partial charge is 0.275 e. The Morgan fingerprint density at radius 2 is 1.86 bits per heavy atom. The first kappa shape index (κ1) is 20.0. The normalized spacial score (nSPS) is 20.4. The number of amides is 1. The van der Waals surface area contributed by atoms with Gasteiger partial charge < -0.3 is 10.2 Å². The molecule has 1 aliphatic rings. The molecule has 0 saturated carbocycles. The molecule has 0 radical (unpaired) electrons. The van der Waals surface area contributed by atoms with Gasteiger partial charge >= 0.3 is 0 Å². The Labute approximate surface area is 177 Å². The number of aromatic nitrogens is 1. The van der Waals surface area contributed by atoms with E-state index in [4.69, 9.17) is 4.98 Å². The third-order valence-corrected chi connectivity index (χ3v) is 7.08. The fraction of sp³-hybridized carbons (Fsp3) is 0.417. The van der Waals surface area contributed by atoms with Crippen molar-refractivity contribution in [1.82, 2.24) is 10.3 Å². The fourth-order valence-electron chi connectivity index (χ4n) is 4.17. The van der Waals surface area contributed by atoms with Crippen LogP contribution < -0.4 is 10.2 Å². The summed E-state index contributed by atoms with van der Waals surface area (Å²) >= 11 is 1.83. The van der Waals surface area contributed by atoms with E-state index in [0.29, 0.717) is 12.5 Å². The number of aryl methyl sites for hydroxylation is 1. The molecule has 0 unspecified atom stereocenters. The molecule has 5 heteroatoms. The van der Waals surface area contributed by atoms with Crippen LogP contribution in [0.5, 0.6) is 0 Å². The molecule has 1 amide bonds. The van der Waals surface area contributed by atoms with E-state index in [-0.39, 0.29) is 11.9 Å². The van der Waals surface area contributed by atoms with E-state index >= 15 is 0 Å². The van der Waals surface area contributed by atoms with Gasteiger partial charge in [-0.05, 0) is 37.5 Å². The molecule has 2 aromatic carbocycles. The van der Waals surface area contributed by atoms with Gasteiger partial charge in [-0.3, -0.25) is 4.79 Å². The van der Waals surface area contributed by atoms with E-state index in [0.717, 1.165) is 44.3 Å². The van der Waals surface area contributed by atoms with Crippen molar-refractivity contribution in [3.8, 4) is 0 Å². The second-order valence-electron chi connectivity index (χ2n) is 8.21. The molecule has 1 aromatic heterocycles. The van der Waals surface area contributed by atoms with Crippen LogP contribution in [-0.4, -0.2) is 36.6 Å². The first-order valence-electron chi connectivity index (χ1n) is 10.7. The van der Waals surface area contributed by atoms with E-state index in [1.807, 2.05) is 17.4 Å². The summed E-state index contributed by atoms with van der Waals surface area (Å²) in [5, 5.41) is 4.46. The monoisotopic (exact) mass is 408 g/mol. The second kappa shape index (κ2) is 9.51. The number of fused-ring (bicyclic) bond motifs is 1. The van der Waals surface area contributed by atoms with Crippen molar-refractivity contribution in [2.45, 2.75) is 44.6 Å². The van der Waals surface area contributed by atoms with Crippen molar-refractivity contribution in [2.24, 2.45) is 0 Å². The number of benzene rings is 2. The van der Waals surface area contributed by atoms with Crippen molar-refractivity contribution in [3.63, 3.8) is 0 Å². The number of likely N-dealkylation sites (tertiary alicyclic amines) is 1. The van der Waals surface area contributed by atoms with Crippen LogP contribution in [0, 0.1) is 0 Å². The number of nitrogens with one attached hydrogen (secondary N) is 2. The van der Waals surface area contributed by atoms with E-state index in [1.165, 1.54) is 20.2 Å². The van der Waals surface area contributed by atoms with E-state index < -0.39 is 0 Å². The lowest BCUT2D eigenvalue weighted by Gasteiger charge is -2.28. The summed E-state index contributed by atoms with van der Waals surface area (Å²) in [5.74, 6) is 0.725. The number of carbonyl (C=O) groups is 1. The predicted molar refractivity (Wildman–Crippen MR) is 120 cm³/mol. The Balaban J connectivity index is 1.20. The van der Waals surface area contributed by atoms with Gasteiger partial charge in [0.2, 0.25) is 0 Å². The molecule has 1 aliphatic heterocycles. The number of nitrogens with zero attached hydrogens (tertiary/aromatic N) is 1. The average Bonchev–Trinajstić information content (AvgIpc) is 3.18. The first-order chi connectivity index (χ1) is 14.2. The Morgan fingerprint density at radius 3 is 2.62 bits per heavy atom. The van der Waals surface area contributed by atoms with Crippen molar-refractivity contribution < 1.29 is 9.69 Å². The summed E-state index contributed by atoms with van der Waals surface area (Å²) in [6.07, 6.45) is 4.21. The lowest BCUT2D eigenvalue weighted by atomic mass is 9.97. The Kier molecular flexibility index (Phi) is 6.57. The summed E-state index contributed by atoms with van der Waals surface area (Å²) < 4.78 is 1.28. The quantitative estimate of drug-likeness (QED) is 0.631. The van der Waals surface area contributed by atoms with Crippen molar-refractivity contribution in [1.29, 1.82) is 0 Å². The number of thiazole rings is 1. The molecule has 1 atom stereocenters. The van der Waals surface area contributed by atoms with Crippen LogP contribution in [0.1, 0.15) is 42.7 Å². The third-order valence-electron chi connectivity index (χ3n) is 5.88. The molecule has 4 nitrogen and oxygen atoms in total. The molecule has 1 saturated heterocycles. The third kappa shape index (κ3) is 5.43. The zero-order valence-corrected chi connectivity index (χ0v) is 17.9. The van der Waals surface area contributed by atoms with Gasteiger partial charge in [0, 0.05) is 24.8 Å². The number of piperidine rings is 1. The number of hydrogen-bond acceptors (Lipinski definition) is 3. The first-order valence-corrected chi connectivity index (χ1v) is 11.5. The lowest BCUT2D eigenvalue weighted by molar-refractivity contribution is -0.897. The molecule has 0 bridgehead atoms. The van der Waals surface area contributed by atoms with Crippen LogP contribution in [0.3, 0.4) is 0 Å². The van der Waals surface area contributed by atoms with E-state index in [2.05, 4.69) is 60.8 Å². The second-order valence-corrected chi connectivity index (χ2v) is 9.28. The minimum Gasteiger partial charge on any atom is -0.349 e. The van der Waals surface area contributed by atoms with Gasteiger partial charge in [0.1, 0.15) is 0 Å². The Bertz CT molecular complexity index is 898. The molecular formula is C24H30N3OS+. The van der Waals surface area contributed by atoms with Gasteiger partial charge in [-0.2, -0.15) is 0 Å². The molecule has 1 fully saturated rings. The number of quaternary nitrogens is 1. The van der Waals surface area contributed by atoms with Gasteiger partial charge in [0.25, 0.3) is 5.91 Å². The topological polar surface area (TPSA) is 46.4 Å². The standard InChI is InChI=1S/C24H29N3OS/c1-18(11-12-19-7-3-2-4-8-19)25-23(28)17-27-15-13-20(14-16-27)24-26-21-9-5-6-10-22(21)29-24/h2-10,18,20H,11-17H2,1H3,(H,25,28)/p+1/t18-/m1/s1. The summed E-state index contributed by atoms with van der Waals surface area (Å²) in [7, 11) is 0. The van der Waals surface area contributed by atoms with Gasteiger partial charge in [-0.1, -0.05) is 42.5 Å². The highest BCUT2D eigenvalue weighted by Crippen LogP contribution is 2.31. The van der Waals surface area contributed by atoms with Gasteiger partial charge in [-0.15, -0.1) is 11.3 Å². The summed E-state index contributed by atoms with van der Waals surface area (Å²) in [6, 6.07) is 19.1. The van der Waals surface area contributed by atoms with E-state index in [9.17, 15) is 4.79 Å². The molecule has 4 rings (SSSR count). The molecule has 2 heterocycles. The van der Waals surface area contributed by atoms with Crippen molar-refractivity contribution in [3.05, 3.63) is 65.2 Å². The maximum absolute atomic E-state index is 12.5. The summed E-state index contributed by atoms with van der Waals surface area (Å²) in [5.41, 5.74) is 2.45. The summed E-state index contributed by atoms with van der Waals surface area (Å²) in [4.78, 5) is 18.7. The molecule has 29 heavy (non-hydrogen) atoms. The minimum atomic E-state index is 0.180. The zero-order chi connectivity index (χ0) is 20.1. The van der Waals surface area contributed by atoms with E-state index in [1.54, 1.807) is 0 Å². The highest BCUT2D eigenvalue weighted by molar-refractivity contribution is 7.18. The number of hydrogen-bond donors (Lipinski definition) is 2. The molecule has 2 N–H and O–H groups in total. The minimum absolute atomic E-state index is 0.180. The molecule has 0 aliphatic carbocycles. The maximum atomic E-state index is 12.5. The zero-order valence-electron chi connectivity index (χ0n) is 17.1. The summed E-state index contributed by atoms with van der Waals surface area (Å²) in [6.45, 7) is 4.79. The van der Waals surface area contributed by atoms with Gasteiger partial charge in [-0.25, -0.2) is 4.98 Å². The lowest BCUT2D eigenvalue weighted by Crippen LogP contribution is -3.14. The van der Waals surface area contributed by atoms with Gasteiger partial charge in [0.15, 0.2) is 6.54 Å². The van der Waals surface area contributed by atoms with Crippen LogP contribution in [0.4, 0.5) is 0 Å². The Morgan fingerprint density at radius 1 is 1.14 bits per heavy atom. The van der Waals surface area contributed by atoms with Crippen molar-refractivity contribution in [2.75, 3.05) is 19.6 Å². The SMILES string of the molecule is C[C@H](CCc1ccccc1)NC(=O)C[NH+]1CCC(c2nc3ccccc3s2)CC1. The predicted octanol–water partition coefficient (Wildman–Crippen LogP) is 3.20. The highest BCUT2D eigenvalue weighted by Gasteiger charge is 2.27. The number of carbonyl (C=O) groups excluding carboxylic acids is 1. The Hall–Kier alpha value is -2.24. The van der Waals surface area contributed by atoms with Crippen LogP contribution in [0.25, 0.3) is 10.2 Å². The largest absolute Gasteiger partial charge is 0.349 e. The molecule has 3 aromatic rings. The van der Waals surface area contributed by atoms with Crippen LogP contribution in [-0.2, 0) is 11.2 Å².